The molecule has 1 atom stereocenters. The fraction of sp³-hybridized carbons (Fsp3) is 0.136. The highest BCUT2D eigenvalue weighted by Crippen LogP contribution is 2.45. The van der Waals surface area contributed by atoms with Crippen molar-refractivity contribution in [2.45, 2.75) is 18.5 Å². The summed E-state index contributed by atoms with van der Waals surface area (Å²) in [6.07, 6.45) is -5.21. The number of isothiocyanates is 1. The van der Waals surface area contributed by atoms with Gasteiger partial charge in [0.1, 0.15) is 0 Å². The summed E-state index contributed by atoms with van der Waals surface area (Å²) >= 11 is 5.97. The molecule has 0 aliphatic heterocycles. The quantitative estimate of drug-likeness (QED) is 0.256. The average Bonchev–Trinajstić information content (AvgIpc) is 3.34. The Bertz CT molecular complexity index is 1170. The van der Waals surface area contributed by atoms with Gasteiger partial charge >= 0.3 is 6.18 Å². The third-order valence-electron chi connectivity index (χ3n) is 4.75. The number of alkyl halides is 3. The number of aromatic amines is 1. The van der Waals surface area contributed by atoms with Crippen LogP contribution in [0.3, 0.4) is 0 Å². The monoisotopic (exact) mass is 428 g/mol. The summed E-state index contributed by atoms with van der Waals surface area (Å²) in [7, 11) is 0. The van der Waals surface area contributed by atoms with Gasteiger partial charge in [0.2, 0.25) is 0 Å². The summed E-state index contributed by atoms with van der Waals surface area (Å²) in [4.78, 5) is 7.96. The summed E-state index contributed by atoms with van der Waals surface area (Å²) in [6, 6.07) is 18.2. The van der Waals surface area contributed by atoms with Crippen molar-refractivity contribution in [3.8, 4) is 11.3 Å². The Hall–Kier alpha value is -2.73. The maximum Gasteiger partial charge on any atom is 0.390 e. The van der Waals surface area contributed by atoms with Crippen LogP contribution < -0.4 is 0 Å². The Morgan fingerprint density at radius 3 is 2.45 bits per heavy atom. The van der Waals surface area contributed by atoms with Crippen molar-refractivity contribution in [3.63, 3.8) is 0 Å². The molecule has 1 unspecified atom stereocenters. The van der Waals surface area contributed by atoms with Crippen molar-refractivity contribution in [2.24, 2.45) is 4.99 Å². The van der Waals surface area contributed by atoms with Gasteiger partial charge in [0.25, 0.3) is 0 Å². The molecule has 2 heterocycles. The van der Waals surface area contributed by atoms with E-state index in [2.05, 4.69) is 27.4 Å². The van der Waals surface area contributed by atoms with Crippen LogP contribution in [0.5, 0.6) is 0 Å². The average molecular weight is 429 g/mol. The van der Waals surface area contributed by atoms with Gasteiger partial charge in [0.15, 0.2) is 0 Å². The van der Waals surface area contributed by atoms with Crippen LogP contribution in [-0.4, -0.2) is 16.3 Å². The molecule has 4 rings (SSSR count). The van der Waals surface area contributed by atoms with E-state index in [1.54, 1.807) is 24.3 Å². The molecule has 0 saturated carbocycles. The van der Waals surface area contributed by atoms with E-state index in [1.165, 1.54) is 11.3 Å². The van der Waals surface area contributed by atoms with E-state index in [9.17, 15) is 13.2 Å². The molecule has 0 amide bonds. The lowest BCUT2D eigenvalue weighted by Gasteiger charge is -2.19. The van der Waals surface area contributed by atoms with Gasteiger partial charge in [0, 0.05) is 21.7 Å². The first-order chi connectivity index (χ1) is 14.0. The van der Waals surface area contributed by atoms with Crippen LogP contribution in [0.25, 0.3) is 22.2 Å². The number of fused-ring (bicyclic) bond motifs is 1. The normalized spacial score (nSPS) is 12.7. The molecule has 4 aromatic rings. The van der Waals surface area contributed by atoms with E-state index in [1.807, 2.05) is 41.8 Å². The van der Waals surface area contributed by atoms with E-state index in [4.69, 9.17) is 0 Å². The van der Waals surface area contributed by atoms with Crippen LogP contribution in [0.15, 0.2) is 71.0 Å². The highest BCUT2D eigenvalue weighted by atomic mass is 32.1. The number of nitrogens with zero attached hydrogens (tertiary/aromatic N) is 1. The van der Waals surface area contributed by atoms with Crippen molar-refractivity contribution >= 4 is 45.3 Å². The zero-order chi connectivity index (χ0) is 20.4. The smallest absolute Gasteiger partial charge is 0.354 e. The SMILES string of the molecule is FC(F)(F)CC(c1cccs1)c1c(-c2ccc(N=C=S)cc2)[nH]c2ccccc12. The van der Waals surface area contributed by atoms with Crippen LogP contribution in [0, 0.1) is 0 Å². The van der Waals surface area contributed by atoms with Crippen molar-refractivity contribution < 1.29 is 13.2 Å². The largest absolute Gasteiger partial charge is 0.390 e. The van der Waals surface area contributed by atoms with E-state index in [-0.39, 0.29) is 0 Å². The van der Waals surface area contributed by atoms with Gasteiger partial charge in [-0.25, -0.2) is 0 Å². The number of hydrogen-bond acceptors (Lipinski definition) is 3. The number of aliphatic imine (C=N–C) groups is 1. The molecule has 29 heavy (non-hydrogen) atoms. The lowest BCUT2D eigenvalue weighted by molar-refractivity contribution is -0.136. The minimum Gasteiger partial charge on any atom is -0.354 e. The highest BCUT2D eigenvalue weighted by molar-refractivity contribution is 7.78. The van der Waals surface area contributed by atoms with E-state index >= 15 is 0 Å². The zero-order valence-electron chi connectivity index (χ0n) is 15.0. The topological polar surface area (TPSA) is 28.1 Å². The van der Waals surface area contributed by atoms with Crippen molar-refractivity contribution in [1.82, 2.24) is 4.98 Å². The number of thiocarbonyl (C=S) groups is 1. The highest BCUT2D eigenvalue weighted by Gasteiger charge is 2.36. The third kappa shape index (κ3) is 4.17. The number of hydrogen-bond donors (Lipinski definition) is 1. The second kappa shape index (κ2) is 7.95. The molecule has 7 heteroatoms. The van der Waals surface area contributed by atoms with Gasteiger partial charge < -0.3 is 4.98 Å². The fourth-order valence-electron chi connectivity index (χ4n) is 3.57. The molecule has 0 bridgehead atoms. The maximum absolute atomic E-state index is 13.5. The number of para-hydroxylation sites is 1. The molecule has 0 saturated heterocycles. The molecule has 2 aromatic heterocycles. The summed E-state index contributed by atoms with van der Waals surface area (Å²) in [5.74, 6) is -0.792. The number of nitrogens with one attached hydrogen (secondary N) is 1. The van der Waals surface area contributed by atoms with E-state index < -0.39 is 18.5 Å². The minimum absolute atomic E-state index is 0.645. The number of thiophene rings is 1. The number of H-pyrrole nitrogens is 1. The Balaban J connectivity index is 1.94. The Morgan fingerprint density at radius 1 is 1.03 bits per heavy atom. The lowest BCUT2D eigenvalue weighted by Crippen LogP contribution is -2.14. The molecule has 146 valence electrons. The van der Waals surface area contributed by atoms with Crippen molar-refractivity contribution in [1.29, 1.82) is 0 Å². The van der Waals surface area contributed by atoms with Crippen molar-refractivity contribution in [3.05, 3.63) is 76.5 Å². The second-order valence-corrected chi connectivity index (χ2v) is 7.76. The fourth-order valence-corrected chi connectivity index (χ4v) is 4.52. The number of rotatable bonds is 5. The predicted molar refractivity (Wildman–Crippen MR) is 115 cm³/mol. The molecule has 2 aromatic carbocycles. The van der Waals surface area contributed by atoms with E-state index in [0.717, 1.165) is 16.5 Å². The predicted octanol–water partition coefficient (Wildman–Crippen LogP) is 7.72. The van der Waals surface area contributed by atoms with Crippen LogP contribution in [0.2, 0.25) is 0 Å². The van der Waals surface area contributed by atoms with Crippen LogP contribution in [0.1, 0.15) is 22.8 Å². The molecule has 0 spiro atoms. The zero-order valence-corrected chi connectivity index (χ0v) is 16.7. The molecule has 0 aliphatic carbocycles. The van der Waals surface area contributed by atoms with Crippen LogP contribution >= 0.6 is 23.6 Å². The summed E-state index contributed by atoms with van der Waals surface area (Å²) in [5, 5.41) is 4.92. The van der Waals surface area contributed by atoms with E-state index in [0.29, 0.717) is 21.8 Å². The molecule has 0 fully saturated rings. The number of halogens is 3. The molecule has 1 N–H and O–H groups in total. The Kier molecular flexibility index (Phi) is 5.37. The second-order valence-electron chi connectivity index (χ2n) is 6.60. The van der Waals surface area contributed by atoms with Gasteiger partial charge in [-0.3, -0.25) is 0 Å². The van der Waals surface area contributed by atoms with Crippen molar-refractivity contribution in [2.75, 3.05) is 0 Å². The molecule has 0 aliphatic rings. The summed E-state index contributed by atoms with van der Waals surface area (Å²) < 4.78 is 40.6. The minimum atomic E-state index is -4.29. The molecule has 0 radical (unpaired) electrons. The maximum atomic E-state index is 13.5. The van der Waals surface area contributed by atoms with Gasteiger partial charge in [-0.1, -0.05) is 36.4 Å². The first-order valence-corrected chi connectivity index (χ1v) is 10.1. The van der Waals surface area contributed by atoms with Crippen LogP contribution in [-0.2, 0) is 0 Å². The Labute approximate surface area is 174 Å². The molecule has 2 nitrogen and oxygen atoms in total. The standard InChI is InChI=1S/C22H15F3N2S2/c23-22(24,25)12-17(19-6-3-11-29-19)20-16-4-1-2-5-18(16)27-21(20)14-7-9-15(10-8-14)26-13-28/h1-11,17,27H,12H2. The number of benzene rings is 2. The first kappa shape index (κ1) is 19.6. The van der Waals surface area contributed by atoms with Crippen LogP contribution in [0.4, 0.5) is 18.9 Å². The third-order valence-corrected chi connectivity index (χ3v) is 5.82. The lowest BCUT2D eigenvalue weighted by atomic mass is 9.89. The summed E-state index contributed by atoms with van der Waals surface area (Å²) in [5.41, 5.74) is 3.59. The van der Waals surface area contributed by atoms with Gasteiger partial charge in [0.05, 0.1) is 23.0 Å². The molecular formula is C22H15F3N2S2. The number of aromatic nitrogens is 1. The molecular weight excluding hydrogens is 413 g/mol. The Morgan fingerprint density at radius 2 is 1.79 bits per heavy atom. The van der Waals surface area contributed by atoms with Gasteiger partial charge in [-0.05, 0) is 53.0 Å². The van der Waals surface area contributed by atoms with Gasteiger partial charge in [-0.2, -0.15) is 18.2 Å². The summed E-state index contributed by atoms with van der Waals surface area (Å²) in [6.45, 7) is 0. The van der Waals surface area contributed by atoms with Gasteiger partial charge in [-0.15, -0.1) is 11.3 Å². The first-order valence-electron chi connectivity index (χ1n) is 8.85.